The largest absolute Gasteiger partial charge is 0.472 e. The van der Waals surface area contributed by atoms with Gasteiger partial charge in [-0.25, -0.2) is 9.13 Å². The molecule has 0 radical (unpaired) electrons. The number of hydrogen-bond acceptors (Lipinski definition) is 15. The van der Waals surface area contributed by atoms with Crippen molar-refractivity contribution in [2.45, 2.75) is 438 Å². The smallest absolute Gasteiger partial charge is 0.462 e. The topological polar surface area (TPSA) is 237 Å². The molecule has 0 aliphatic carbocycles. The molecule has 0 bridgehead atoms. The molecule has 0 spiro atoms. The number of carbonyl (C=O) groups excluding carboxylic acids is 4. The third-order valence-electron chi connectivity index (χ3n) is 18.5. The maximum Gasteiger partial charge on any atom is 0.472 e. The molecular weight excluding hydrogens is 1280 g/mol. The summed E-state index contributed by atoms with van der Waals surface area (Å²) in [6, 6.07) is 0. The molecule has 0 aromatic rings. The van der Waals surface area contributed by atoms with Crippen LogP contribution < -0.4 is 0 Å². The van der Waals surface area contributed by atoms with Gasteiger partial charge in [0.1, 0.15) is 19.3 Å². The molecule has 0 fully saturated rings. The molecule has 0 amide bonds. The number of rotatable bonds is 79. The fourth-order valence-corrected chi connectivity index (χ4v) is 13.8. The predicted molar refractivity (Wildman–Crippen MR) is 400 cm³/mol. The van der Waals surface area contributed by atoms with Gasteiger partial charge in [0.05, 0.1) is 26.4 Å². The van der Waals surface area contributed by atoms with Gasteiger partial charge in [-0.1, -0.05) is 369 Å². The summed E-state index contributed by atoms with van der Waals surface area (Å²) in [4.78, 5) is 72.9. The fraction of sp³-hybridized carbons (Fsp3) is 0.949. The Labute approximate surface area is 600 Å². The van der Waals surface area contributed by atoms with E-state index < -0.39 is 97.5 Å². The Hall–Kier alpha value is -1.94. The minimum Gasteiger partial charge on any atom is -0.462 e. The van der Waals surface area contributed by atoms with Gasteiger partial charge in [0, 0.05) is 25.7 Å². The standard InChI is InChI=1S/C79H154O17P2/c1-6-9-12-15-18-21-24-26-28-30-32-34-36-38-40-43-49-54-59-64-78(83)95-74(68-90-77(82)63-58-53-48-42-39-37-35-33-31-29-27-25-22-19-16-13-10-7-2)70-93-97(85,86)91-66-73(80)67-92-98(87,88)94-71-75(69-89-76(81)62-57-52-47-41-23-20-17-14-11-8-3)96-79(84)65-60-55-50-45-44-46-51-56-61-72(4)5/h72-75,80H,6-71H2,1-5H3,(H,85,86)(H,87,88)/t73-,74-,75-/m1/s1. The fourth-order valence-electron chi connectivity index (χ4n) is 12.2. The van der Waals surface area contributed by atoms with Gasteiger partial charge in [0.15, 0.2) is 12.2 Å². The molecule has 17 nitrogen and oxygen atoms in total. The van der Waals surface area contributed by atoms with Crippen LogP contribution in [0, 0.1) is 5.92 Å². The summed E-state index contributed by atoms with van der Waals surface area (Å²) < 4.78 is 68.6. The zero-order valence-electron chi connectivity index (χ0n) is 63.9. The summed E-state index contributed by atoms with van der Waals surface area (Å²) in [6.07, 6.45) is 62.6. The molecule has 0 aliphatic rings. The quantitative estimate of drug-likeness (QED) is 0.0222. The molecule has 0 aromatic carbocycles. The van der Waals surface area contributed by atoms with Gasteiger partial charge in [0.2, 0.25) is 0 Å². The zero-order chi connectivity index (χ0) is 71.9. The van der Waals surface area contributed by atoms with Crippen molar-refractivity contribution in [3.8, 4) is 0 Å². The molecule has 0 rings (SSSR count). The molecule has 0 saturated heterocycles. The summed E-state index contributed by atoms with van der Waals surface area (Å²) in [5.74, 6) is -1.39. The van der Waals surface area contributed by atoms with Gasteiger partial charge in [-0.2, -0.15) is 0 Å². The molecule has 582 valence electrons. The van der Waals surface area contributed by atoms with Crippen molar-refractivity contribution in [2.75, 3.05) is 39.6 Å². The van der Waals surface area contributed by atoms with E-state index in [0.717, 1.165) is 95.8 Å². The molecule has 98 heavy (non-hydrogen) atoms. The van der Waals surface area contributed by atoms with Crippen molar-refractivity contribution >= 4 is 39.5 Å². The van der Waals surface area contributed by atoms with Gasteiger partial charge in [-0.05, 0) is 31.6 Å². The van der Waals surface area contributed by atoms with Crippen molar-refractivity contribution < 1.29 is 80.2 Å². The molecule has 0 saturated carbocycles. The minimum atomic E-state index is -4.96. The first kappa shape index (κ1) is 96.1. The summed E-state index contributed by atoms with van der Waals surface area (Å²) in [7, 11) is -9.91. The number of aliphatic hydroxyl groups excluding tert-OH is 1. The molecule has 3 N–H and O–H groups in total. The number of esters is 4. The van der Waals surface area contributed by atoms with Crippen molar-refractivity contribution in [1.82, 2.24) is 0 Å². The zero-order valence-corrected chi connectivity index (χ0v) is 65.7. The molecule has 2 unspecified atom stereocenters. The van der Waals surface area contributed by atoms with E-state index in [1.54, 1.807) is 0 Å². The maximum atomic E-state index is 13.1. The lowest BCUT2D eigenvalue weighted by Gasteiger charge is -2.21. The number of carbonyl (C=O) groups is 4. The van der Waals surface area contributed by atoms with Crippen LogP contribution in [0.4, 0.5) is 0 Å². The van der Waals surface area contributed by atoms with E-state index in [-0.39, 0.29) is 25.7 Å². The highest BCUT2D eigenvalue weighted by molar-refractivity contribution is 7.47. The Bertz CT molecular complexity index is 1870. The van der Waals surface area contributed by atoms with E-state index in [4.69, 9.17) is 37.0 Å². The molecular formula is C79H154O17P2. The summed E-state index contributed by atoms with van der Waals surface area (Å²) in [5, 5.41) is 10.6. The number of ether oxygens (including phenoxy) is 4. The van der Waals surface area contributed by atoms with E-state index >= 15 is 0 Å². The van der Waals surface area contributed by atoms with Gasteiger partial charge in [0.25, 0.3) is 0 Å². The van der Waals surface area contributed by atoms with Crippen molar-refractivity contribution in [3.63, 3.8) is 0 Å². The van der Waals surface area contributed by atoms with Gasteiger partial charge in [-0.3, -0.25) is 37.3 Å². The van der Waals surface area contributed by atoms with E-state index in [1.807, 2.05) is 0 Å². The summed E-state index contributed by atoms with van der Waals surface area (Å²) in [6.45, 7) is 7.26. The van der Waals surface area contributed by atoms with Gasteiger partial charge < -0.3 is 33.8 Å². The first-order chi connectivity index (χ1) is 47.5. The number of unbranched alkanes of at least 4 members (excludes halogenated alkanes) is 51. The van der Waals surface area contributed by atoms with E-state index in [0.29, 0.717) is 25.7 Å². The second-order valence-electron chi connectivity index (χ2n) is 28.9. The second kappa shape index (κ2) is 72.0. The minimum absolute atomic E-state index is 0.105. The highest BCUT2D eigenvalue weighted by Crippen LogP contribution is 2.45. The van der Waals surface area contributed by atoms with Crippen LogP contribution in [0.3, 0.4) is 0 Å². The average molecular weight is 1440 g/mol. The van der Waals surface area contributed by atoms with Crippen molar-refractivity contribution in [1.29, 1.82) is 0 Å². The maximum absolute atomic E-state index is 13.1. The molecule has 19 heteroatoms. The van der Waals surface area contributed by atoms with Crippen molar-refractivity contribution in [3.05, 3.63) is 0 Å². The highest BCUT2D eigenvalue weighted by atomic mass is 31.2. The Morgan fingerprint density at radius 2 is 0.469 bits per heavy atom. The number of hydrogen-bond donors (Lipinski definition) is 3. The molecule has 0 aromatic heterocycles. The summed E-state index contributed by atoms with van der Waals surface area (Å²) >= 11 is 0. The first-order valence-electron chi connectivity index (χ1n) is 41.1. The Morgan fingerprint density at radius 3 is 0.694 bits per heavy atom. The Balaban J connectivity index is 5.21. The monoisotopic (exact) mass is 1440 g/mol. The predicted octanol–water partition coefficient (Wildman–Crippen LogP) is 23.6. The molecule has 0 heterocycles. The van der Waals surface area contributed by atoms with E-state index in [9.17, 15) is 43.2 Å². The molecule has 5 atom stereocenters. The van der Waals surface area contributed by atoms with Crippen LogP contribution in [-0.4, -0.2) is 96.7 Å². The third-order valence-corrected chi connectivity index (χ3v) is 20.4. The third kappa shape index (κ3) is 72.4. The number of phosphoric ester groups is 2. The van der Waals surface area contributed by atoms with Crippen LogP contribution in [0.15, 0.2) is 0 Å². The van der Waals surface area contributed by atoms with Crippen LogP contribution in [0.5, 0.6) is 0 Å². The Morgan fingerprint density at radius 1 is 0.276 bits per heavy atom. The lowest BCUT2D eigenvalue weighted by Crippen LogP contribution is -2.30. The van der Waals surface area contributed by atoms with Crippen molar-refractivity contribution in [2.24, 2.45) is 5.92 Å². The van der Waals surface area contributed by atoms with Gasteiger partial charge in [-0.15, -0.1) is 0 Å². The average Bonchev–Trinajstić information content (AvgIpc) is 0.933. The van der Waals surface area contributed by atoms with Gasteiger partial charge >= 0.3 is 39.5 Å². The normalized spacial score (nSPS) is 13.9. The van der Waals surface area contributed by atoms with E-state index in [1.165, 1.54) is 244 Å². The lowest BCUT2D eigenvalue weighted by molar-refractivity contribution is -0.161. The van der Waals surface area contributed by atoms with Crippen LogP contribution in [0.25, 0.3) is 0 Å². The highest BCUT2D eigenvalue weighted by Gasteiger charge is 2.30. The SMILES string of the molecule is CCCCCCCCCCCCCCCCCCCCCC(=O)O[C@H](COC(=O)CCCCCCCCCCCCCCCCCCCC)COP(=O)(O)OC[C@@H](O)COP(=O)(O)OC[C@@H](COC(=O)CCCCCCCCCCCC)OC(=O)CCCCCCCCCCC(C)C. The van der Waals surface area contributed by atoms with Crippen LogP contribution in [-0.2, 0) is 65.4 Å². The molecule has 0 aliphatic heterocycles. The number of phosphoric acid groups is 2. The van der Waals surface area contributed by atoms with Crippen LogP contribution in [0.1, 0.15) is 420 Å². The van der Waals surface area contributed by atoms with E-state index in [2.05, 4.69) is 34.6 Å². The lowest BCUT2D eigenvalue weighted by atomic mass is 10.0. The number of aliphatic hydroxyl groups is 1. The Kier molecular flexibility index (Phi) is 70.6. The summed E-state index contributed by atoms with van der Waals surface area (Å²) in [5.41, 5.74) is 0. The van der Waals surface area contributed by atoms with Crippen LogP contribution in [0.2, 0.25) is 0 Å². The van der Waals surface area contributed by atoms with Crippen LogP contribution >= 0.6 is 15.6 Å². The first-order valence-corrected chi connectivity index (χ1v) is 44.1. The second-order valence-corrected chi connectivity index (χ2v) is 31.8.